The highest BCUT2D eigenvalue weighted by atomic mass is 16.5. The number of anilines is 4. The van der Waals surface area contributed by atoms with Crippen molar-refractivity contribution in [3.63, 3.8) is 0 Å². The van der Waals surface area contributed by atoms with Crippen LogP contribution in [-0.2, 0) is 4.74 Å². The number of carbonyl (C=O) groups excluding carboxylic acids is 1. The Morgan fingerprint density at radius 2 is 1.74 bits per heavy atom. The SMILES string of the molecule is Cc1ccc(Nc2cccc(N3CCOCC3)c2)cc1NC(=O)c1cccc(OC2CCCN(C)CC2)c1. The molecule has 0 spiro atoms. The van der Waals surface area contributed by atoms with Crippen LogP contribution in [0.4, 0.5) is 22.7 Å². The van der Waals surface area contributed by atoms with Gasteiger partial charge in [-0.1, -0.05) is 18.2 Å². The molecule has 3 aromatic rings. The van der Waals surface area contributed by atoms with Gasteiger partial charge in [-0.3, -0.25) is 4.79 Å². The van der Waals surface area contributed by atoms with Crippen LogP contribution in [-0.4, -0.2) is 63.4 Å². The van der Waals surface area contributed by atoms with Crippen molar-refractivity contribution in [2.75, 3.05) is 62.0 Å². The van der Waals surface area contributed by atoms with Crippen LogP contribution >= 0.6 is 0 Å². The van der Waals surface area contributed by atoms with Crippen LogP contribution in [0, 0.1) is 6.92 Å². The third-order valence-electron chi connectivity index (χ3n) is 7.29. The first-order chi connectivity index (χ1) is 18.5. The zero-order chi connectivity index (χ0) is 26.3. The lowest BCUT2D eigenvalue weighted by Gasteiger charge is -2.29. The van der Waals surface area contributed by atoms with Gasteiger partial charge in [-0.05, 0) is 93.9 Å². The molecule has 38 heavy (non-hydrogen) atoms. The minimum atomic E-state index is -0.148. The first-order valence-electron chi connectivity index (χ1n) is 13.6. The maximum absolute atomic E-state index is 13.2. The molecule has 2 N–H and O–H groups in total. The second-order valence-electron chi connectivity index (χ2n) is 10.3. The summed E-state index contributed by atoms with van der Waals surface area (Å²) in [5.41, 5.74) is 5.47. The molecule has 0 bridgehead atoms. The number of ether oxygens (including phenoxy) is 2. The van der Waals surface area contributed by atoms with Crippen molar-refractivity contribution in [2.24, 2.45) is 0 Å². The number of carbonyl (C=O) groups is 1. The van der Waals surface area contributed by atoms with E-state index < -0.39 is 0 Å². The monoisotopic (exact) mass is 514 g/mol. The van der Waals surface area contributed by atoms with E-state index in [2.05, 4.69) is 51.7 Å². The molecule has 1 unspecified atom stereocenters. The van der Waals surface area contributed by atoms with Gasteiger partial charge in [0.2, 0.25) is 0 Å². The van der Waals surface area contributed by atoms with E-state index in [4.69, 9.17) is 9.47 Å². The van der Waals surface area contributed by atoms with Gasteiger partial charge in [0.05, 0.1) is 19.3 Å². The van der Waals surface area contributed by atoms with Crippen LogP contribution in [0.25, 0.3) is 0 Å². The van der Waals surface area contributed by atoms with Crippen molar-refractivity contribution in [1.82, 2.24) is 4.90 Å². The van der Waals surface area contributed by atoms with Crippen molar-refractivity contribution in [2.45, 2.75) is 32.3 Å². The summed E-state index contributed by atoms with van der Waals surface area (Å²) in [5.74, 6) is 0.602. The molecule has 2 fully saturated rings. The standard InChI is InChI=1S/C31H38N4O3/c1-23-11-12-26(32-25-7-4-8-27(21-25)35-16-18-37-19-17-35)22-30(23)33-31(36)24-6-3-9-29(20-24)38-28-10-5-14-34(2)15-13-28/h3-4,6-9,11-12,20-22,28,32H,5,10,13-19H2,1-2H3,(H,33,36). The number of hydrogen-bond acceptors (Lipinski definition) is 6. The van der Waals surface area contributed by atoms with Gasteiger partial charge in [-0.25, -0.2) is 0 Å². The summed E-state index contributed by atoms with van der Waals surface area (Å²) in [6, 6.07) is 21.9. The Bertz CT molecular complexity index is 1240. The molecule has 2 aliphatic rings. The van der Waals surface area contributed by atoms with Crippen LogP contribution in [0.2, 0.25) is 0 Å². The number of rotatable bonds is 7. The molecule has 2 aliphatic heterocycles. The number of aryl methyl sites for hydroxylation is 1. The Labute approximate surface area is 225 Å². The molecule has 0 saturated carbocycles. The Morgan fingerprint density at radius 3 is 2.61 bits per heavy atom. The molecule has 2 heterocycles. The molecule has 0 radical (unpaired) electrons. The molecule has 1 amide bonds. The van der Waals surface area contributed by atoms with Gasteiger partial charge in [0.25, 0.3) is 5.91 Å². The number of nitrogens with zero attached hydrogens (tertiary/aromatic N) is 2. The normalized spacial score (nSPS) is 18.5. The number of morpholine rings is 1. The van der Waals surface area contributed by atoms with Crippen molar-refractivity contribution in [1.29, 1.82) is 0 Å². The first kappa shape index (κ1) is 26.1. The van der Waals surface area contributed by atoms with Gasteiger partial charge < -0.3 is 29.9 Å². The summed E-state index contributed by atoms with van der Waals surface area (Å²) < 4.78 is 11.7. The number of amides is 1. The number of likely N-dealkylation sites (tertiary alicyclic amines) is 1. The summed E-state index contributed by atoms with van der Waals surface area (Å²) in [5, 5.41) is 6.59. The Kier molecular flexibility index (Phi) is 8.46. The van der Waals surface area contributed by atoms with Crippen LogP contribution < -0.4 is 20.3 Å². The fraction of sp³-hybridized carbons (Fsp3) is 0.387. The average molecular weight is 515 g/mol. The third kappa shape index (κ3) is 6.85. The Morgan fingerprint density at radius 1 is 0.921 bits per heavy atom. The molecule has 0 aliphatic carbocycles. The van der Waals surface area contributed by atoms with Crippen molar-refractivity contribution >= 4 is 28.7 Å². The zero-order valence-electron chi connectivity index (χ0n) is 22.4. The van der Waals surface area contributed by atoms with Crippen molar-refractivity contribution < 1.29 is 14.3 Å². The van der Waals surface area contributed by atoms with Gasteiger partial charge in [0, 0.05) is 47.9 Å². The quantitative estimate of drug-likeness (QED) is 0.422. The molecule has 1 atom stereocenters. The zero-order valence-corrected chi connectivity index (χ0v) is 22.4. The van der Waals surface area contributed by atoms with E-state index in [1.807, 2.05) is 49.4 Å². The summed E-state index contributed by atoms with van der Waals surface area (Å²) in [7, 11) is 2.16. The average Bonchev–Trinajstić information content (AvgIpc) is 3.15. The lowest BCUT2D eigenvalue weighted by Crippen LogP contribution is -2.36. The predicted molar refractivity (Wildman–Crippen MR) is 154 cm³/mol. The number of benzene rings is 3. The fourth-order valence-electron chi connectivity index (χ4n) is 5.03. The van der Waals surface area contributed by atoms with E-state index in [1.165, 1.54) is 5.69 Å². The van der Waals surface area contributed by atoms with E-state index in [0.29, 0.717) is 5.56 Å². The molecule has 200 valence electrons. The molecular formula is C31H38N4O3. The molecule has 2 saturated heterocycles. The van der Waals surface area contributed by atoms with Crippen molar-refractivity contribution in [3.8, 4) is 5.75 Å². The van der Waals surface area contributed by atoms with Gasteiger partial charge in [0.1, 0.15) is 5.75 Å². The van der Waals surface area contributed by atoms with E-state index in [1.54, 1.807) is 0 Å². The number of hydrogen-bond donors (Lipinski definition) is 2. The minimum Gasteiger partial charge on any atom is -0.490 e. The first-order valence-corrected chi connectivity index (χ1v) is 13.6. The van der Waals surface area contributed by atoms with Gasteiger partial charge in [0.15, 0.2) is 0 Å². The van der Waals surface area contributed by atoms with Gasteiger partial charge in [-0.2, -0.15) is 0 Å². The summed E-state index contributed by atoms with van der Waals surface area (Å²) >= 11 is 0. The van der Waals surface area contributed by atoms with E-state index in [9.17, 15) is 4.79 Å². The molecule has 5 rings (SSSR count). The summed E-state index contributed by atoms with van der Waals surface area (Å²) in [6.07, 6.45) is 3.35. The smallest absolute Gasteiger partial charge is 0.255 e. The molecular weight excluding hydrogens is 476 g/mol. The van der Waals surface area contributed by atoms with Crippen LogP contribution in [0.1, 0.15) is 35.2 Å². The highest BCUT2D eigenvalue weighted by Crippen LogP contribution is 2.27. The largest absolute Gasteiger partial charge is 0.490 e. The molecule has 7 heteroatoms. The summed E-state index contributed by atoms with van der Waals surface area (Å²) in [4.78, 5) is 17.9. The third-order valence-corrected chi connectivity index (χ3v) is 7.29. The van der Waals surface area contributed by atoms with Crippen LogP contribution in [0.15, 0.2) is 66.7 Å². The Hall–Kier alpha value is -3.55. The van der Waals surface area contributed by atoms with E-state index in [-0.39, 0.29) is 12.0 Å². The van der Waals surface area contributed by atoms with Crippen molar-refractivity contribution in [3.05, 3.63) is 77.9 Å². The van der Waals surface area contributed by atoms with E-state index >= 15 is 0 Å². The maximum Gasteiger partial charge on any atom is 0.255 e. The fourth-order valence-corrected chi connectivity index (χ4v) is 5.03. The highest BCUT2D eigenvalue weighted by molar-refractivity contribution is 6.05. The van der Waals surface area contributed by atoms with Gasteiger partial charge >= 0.3 is 0 Å². The number of nitrogens with one attached hydrogen (secondary N) is 2. The van der Waals surface area contributed by atoms with Crippen LogP contribution in [0.5, 0.6) is 5.75 Å². The predicted octanol–water partition coefficient (Wildman–Crippen LogP) is 5.69. The van der Waals surface area contributed by atoms with Crippen LogP contribution in [0.3, 0.4) is 0 Å². The molecule has 3 aromatic carbocycles. The van der Waals surface area contributed by atoms with E-state index in [0.717, 1.165) is 87.0 Å². The highest BCUT2D eigenvalue weighted by Gasteiger charge is 2.17. The maximum atomic E-state index is 13.2. The second-order valence-corrected chi connectivity index (χ2v) is 10.3. The second kappa shape index (κ2) is 12.3. The molecule has 0 aromatic heterocycles. The Balaban J connectivity index is 1.24. The summed E-state index contributed by atoms with van der Waals surface area (Å²) in [6.45, 7) is 7.45. The van der Waals surface area contributed by atoms with Gasteiger partial charge in [-0.15, -0.1) is 0 Å². The minimum absolute atomic E-state index is 0.148. The lowest BCUT2D eigenvalue weighted by atomic mass is 10.1. The molecule has 7 nitrogen and oxygen atoms in total. The topological polar surface area (TPSA) is 66.1 Å². The lowest BCUT2D eigenvalue weighted by molar-refractivity contribution is 0.102.